The second kappa shape index (κ2) is 7.37. The van der Waals surface area contributed by atoms with Gasteiger partial charge in [-0.15, -0.1) is 0 Å². The van der Waals surface area contributed by atoms with Crippen molar-refractivity contribution in [3.8, 4) is 6.07 Å². The first-order chi connectivity index (χ1) is 7.83. The van der Waals surface area contributed by atoms with Gasteiger partial charge in [0.2, 0.25) is 5.91 Å². The summed E-state index contributed by atoms with van der Waals surface area (Å²) >= 11 is 0. The number of hydrogen-bond donors (Lipinski definition) is 2. The Bertz CT molecular complexity index is 358. The minimum absolute atomic E-state index is 0.0604. The Morgan fingerprint density at radius 3 is 2.88 bits per heavy atom. The van der Waals surface area contributed by atoms with E-state index in [4.69, 9.17) is 5.26 Å². The van der Waals surface area contributed by atoms with Crippen molar-refractivity contribution in [2.24, 2.45) is 0 Å². The van der Waals surface area contributed by atoms with Crippen LogP contribution in [0.5, 0.6) is 0 Å². The molecule has 16 heavy (non-hydrogen) atoms. The molecule has 0 saturated heterocycles. The van der Waals surface area contributed by atoms with Gasteiger partial charge in [0.15, 0.2) is 0 Å². The van der Waals surface area contributed by atoms with Crippen LogP contribution in [0.4, 0.5) is 0 Å². The lowest BCUT2D eigenvalue weighted by Crippen LogP contribution is -2.34. The zero-order valence-corrected chi connectivity index (χ0v) is 8.94. The smallest absolute Gasteiger partial charge is 0.234 e. The summed E-state index contributed by atoms with van der Waals surface area (Å²) in [6, 6.07) is 5.73. The number of amides is 1. The summed E-state index contributed by atoms with van der Waals surface area (Å²) < 4.78 is 0. The number of nitriles is 1. The third kappa shape index (κ3) is 5.08. The largest absolute Gasteiger partial charge is 0.342 e. The molecule has 0 aliphatic rings. The Morgan fingerprint density at radius 2 is 2.19 bits per heavy atom. The highest BCUT2D eigenvalue weighted by molar-refractivity contribution is 5.78. The zero-order valence-electron chi connectivity index (χ0n) is 8.94. The van der Waals surface area contributed by atoms with Gasteiger partial charge in [0.25, 0.3) is 0 Å². The van der Waals surface area contributed by atoms with Crippen molar-refractivity contribution in [3.63, 3.8) is 0 Å². The van der Waals surface area contributed by atoms with Gasteiger partial charge in [0.05, 0.1) is 12.6 Å². The Hall–Kier alpha value is -1.93. The molecule has 1 amide bonds. The molecule has 1 rings (SSSR count). The summed E-state index contributed by atoms with van der Waals surface area (Å²) in [5.74, 6) is -0.156. The second-order valence-electron chi connectivity index (χ2n) is 3.22. The molecule has 0 aliphatic heterocycles. The molecule has 0 aliphatic carbocycles. The Kier molecular flexibility index (Phi) is 5.59. The molecular weight excluding hydrogens is 204 g/mol. The van der Waals surface area contributed by atoms with E-state index in [1.54, 1.807) is 12.4 Å². The minimum Gasteiger partial charge on any atom is -0.342 e. The van der Waals surface area contributed by atoms with Crippen LogP contribution in [0, 0.1) is 11.3 Å². The van der Waals surface area contributed by atoms with Crippen LogP contribution in [0.2, 0.25) is 0 Å². The maximum atomic E-state index is 11.1. The Morgan fingerprint density at radius 1 is 1.44 bits per heavy atom. The van der Waals surface area contributed by atoms with Crippen LogP contribution in [0.25, 0.3) is 0 Å². The number of carbonyl (C=O) groups is 1. The van der Waals surface area contributed by atoms with Crippen LogP contribution in [-0.4, -0.2) is 30.5 Å². The van der Waals surface area contributed by atoms with Crippen LogP contribution in [0.15, 0.2) is 24.5 Å². The number of aromatic nitrogens is 1. The van der Waals surface area contributed by atoms with Crippen LogP contribution in [-0.2, 0) is 11.2 Å². The lowest BCUT2D eigenvalue weighted by Gasteiger charge is -2.04. The third-order valence-electron chi connectivity index (χ3n) is 1.99. The topological polar surface area (TPSA) is 77.8 Å². The number of nitrogens with zero attached hydrogens (tertiary/aromatic N) is 2. The molecule has 0 bridgehead atoms. The van der Waals surface area contributed by atoms with Gasteiger partial charge in [-0.3, -0.25) is 9.78 Å². The Labute approximate surface area is 94.5 Å². The summed E-state index contributed by atoms with van der Waals surface area (Å²) in [4.78, 5) is 15.0. The lowest BCUT2D eigenvalue weighted by molar-refractivity contribution is -0.120. The molecule has 2 N–H and O–H groups in total. The van der Waals surface area contributed by atoms with Crippen molar-refractivity contribution in [2.75, 3.05) is 19.6 Å². The average Bonchev–Trinajstić information content (AvgIpc) is 2.33. The fourth-order valence-corrected chi connectivity index (χ4v) is 1.18. The van der Waals surface area contributed by atoms with E-state index in [0.717, 1.165) is 13.0 Å². The number of hydrogen-bond acceptors (Lipinski definition) is 4. The molecule has 0 unspecified atom stereocenters. The van der Waals surface area contributed by atoms with E-state index < -0.39 is 0 Å². The van der Waals surface area contributed by atoms with E-state index in [2.05, 4.69) is 15.6 Å². The summed E-state index contributed by atoms with van der Waals surface area (Å²) in [6.07, 6.45) is 4.35. The molecular formula is C11H14N4O. The molecule has 0 aromatic carbocycles. The maximum Gasteiger partial charge on any atom is 0.234 e. The van der Waals surface area contributed by atoms with Crippen molar-refractivity contribution in [1.82, 2.24) is 15.6 Å². The number of carbonyl (C=O) groups excluding carboxylic acids is 1. The molecule has 0 atom stereocenters. The van der Waals surface area contributed by atoms with E-state index >= 15 is 0 Å². The van der Waals surface area contributed by atoms with Crippen molar-refractivity contribution in [2.45, 2.75) is 6.42 Å². The molecule has 5 nitrogen and oxygen atoms in total. The highest BCUT2D eigenvalue weighted by atomic mass is 16.1. The predicted molar refractivity (Wildman–Crippen MR) is 59.4 cm³/mol. The molecule has 0 fully saturated rings. The van der Waals surface area contributed by atoms with Gasteiger partial charge < -0.3 is 10.6 Å². The first kappa shape index (κ1) is 12.1. The van der Waals surface area contributed by atoms with Crippen LogP contribution in [0.3, 0.4) is 0 Å². The van der Waals surface area contributed by atoms with Gasteiger partial charge in [-0.05, 0) is 30.7 Å². The van der Waals surface area contributed by atoms with Gasteiger partial charge >= 0.3 is 0 Å². The monoisotopic (exact) mass is 218 g/mol. The second-order valence-corrected chi connectivity index (χ2v) is 3.22. The lowest BCUT2D eigenvalue weighted by atomic mass is 10.2. The van der Waals surface area contributed by atoms with E-state index in [-0.39, 0.29) is 19.0 Å². The normalized spacial score (nSPS) is 9.44. The van der Waals surface area contributed by atoms with Crippen molar-refractivity contribution in [1.29, 1.82) is 5.26 Å². The van der Waals surface area contributed by atoms with Gasteiger partial charge in [0.1, 0.15) is 6.54 Å². The van der Waals surface area contributed by atoms with E-state index in [9.17, 15) is 4.79 Å². The van der Waals surface area contributed by atoms with Gasteiger partial charge in [-0.25, -0.2) is 0 Å². The Balaban J connectivity index is 2.08. The van der Waals surface area contributed by atoms with E-state index in [1.807, 2.05) is 18.2 Å². The molecule has 84 valence electrons. The van der Waals surface area contributed by atoms with Gasteiger partial charge in [0, 0.05) is 12.4 Å². The first-order valence-corrected chi connectivity index (χ1v) is 5.06. The maximum absolute atomic E-state index is 11.1. The molecule has 1 aromatic heterocycles. The quantitative estimate of drug-likeness (QED) is 0.514. The third-order valence-corrected chi connectivity index (χ3v) is 1.99. The SMILES string of the molecule is N#CCNC(=O)CNCCc1ccncc1. The highest BCUT2D eigenvalue weighted by Gasteiger charge is 1.98. The molecule has 1 aromatic rings. The molecule has 0 saturated carbocycles. The standard InChI is InChI=1S/C11H14N4O/c12-4-8-15-11(16)9-14-7-3-10-1-5-13-6-2-10/h1-2,5-6,14H,3,7-9H2,(H,15,16). The number of pyridine rings is 1. The van der Waals surface area contributed by atoms with Crippen molar-refractivity contribution >= 4 is 5.91 Å². The summed E-state index contributed by atoms with van der Waals surface area (Å²) in [5.41, 5.74) is 1.18. The van der Waals surface area contributed by atoms with Crippen LogP contribution < -0.4 is 10.6 Å². The molecule has 5 heteroatoms. The fraction of sp³-hybridized carbons (Fsp3) is 0.364. The predicted octanol–water partition coefficient (Wildman–Crippen LogP) is -0.147. The first-order valence-electron chi connectivity index (χ1n) is 5.06. The van der Waals surface area contributed by atoms with Crippen LogP contribution in [0.1, 0.15) is 5.56 Å². The molecule has 0 spiro atoms. The van der Waals surface area contributed by atoms with Crippen molar-refractivity contribution in [3.05, 3.63) is 30.1 Å². The summed E-state index contributed by atoms with van der Waals surface area (Å²) in [7, 11) is 0. The van der Waals surface area contributed by atoms with Gasteiger partial charge in [-0.1, -0.05) is 0 Å². The van der Waals surface area contributed by atoms with E-state index in [1.165, 1.54) is 5.56 Å². The number of nitrogens with one attached hydrogen (secondary N) is 2. The summed E-state index contributed by atoms with van der Waals surface area (Å²) in [6.45, 7) is 1.03. The highest BCUT2D eigenvalue weighted by Crippen LogP contribution is 1.95. The summed E-state index contributed by atoms with van der Waals surface area (Å²) in [5, 5.41) is 13.7. The van der Waals surface area contributed by atoms with Crippen molar-refractivity contribution < 1.29 is 4.79 Å². The fourth-order valence-electron chi connectivity index (χ4n) is 1.18. The molecule has 1 heterocycles. The van der Waals surface area contributed by atoms with Crippen LogP contribution >= 0.6 is 0 Å². The minimum atomic E-state index is -0.156. The zero-order chi connectivity index (χ0) is 11.6. The average molecular weight is 218 g/mol. The number of rotatable bonds is 6. The molecule has 0 radical (unpaired) electrons. The van der Waals surface area contributed by atoms with E-state index in [0.29, 0.717) is 0 Å². The van der Waals surface area contributed by atoms with Gasteiger partial charge in [-0.2, -0.15) is 5.26 Å².